The number of carboxylic acid groups (broad SMARTS) is 1. The summed E-state index contributed by atoms with van der Waals surface area (Å²) in [4.78, 5) is 55.5. The maximum Gasteiger partial charge on any atom is 0.527 e. The number of amides is 2. The molecule has 13 nitrogen and oxygen atoms in total. The van der Waals surface area contributed by atoms with Crippen molar-refractivity contribution in [1.29, 1.82) is 0 Å². The second-order valence-electron chi connectivity index (χ2n) is 8.82. The van der Waals surface area contributed by atoms with Crippen LogP contribution < -0.4 is 10.1 Å². The molecule has 2 aromatic rings. The molecule has 1 saturated heterocycles. The number of nitrogens with zero attached hydrogens (tertiary/aromatic N) is 4. The number of ether oxygens (including phenoxy) is 2. The van der Waals surface area contributed by atoms with E-state index in [2.05, 4.69) is 10.4 Å². The first kappa shape index (κ1) is 31.2. The predicted molar refractivity (Wildman–Crippen MR) is 134 cm³/mol. The zero-order valence-corrected chi connectivity index (χ0v) is 22.1. The molecule has 2 N–H and O–H groups in total. The van der Waals surface area contributed by atoms with E-state index >= 15 is 0 Å². The number of nitrogens with one attached hydrogen (secondary N) is 1. The Morgan fingerprint density at radius 1 is 1.10 bits per heavy atom. The minimum Gasteiger partial charge on any atom is -0.481 e. The highest BCUT2D eigenvalue weighted by Gasteiger charge is 2.32. The summed E-state index contributed by atoms with van der Waals surface area (Å²) in [6.07, 6.45) is -7.21. The van der Waals surface area contributed by atoms with Crippen LogP contribution in [0.3, 0.4) is 0 Å². The summed E-state index contributed by atoms with van der Waals surface area (Å²) in [5.41, 5.74) is 0.159. The standard InChI is InChI=1S/C25H30F3N5O8/c1-2-39-24(38)41-32-13-11-31(12-14-32)23(37)18(8-9-21(34)35)29-22(36)19-16-20(40-15-10-25(26,27)28)33(30-19)17-6-4-3-5-7-17/h3-7,16,18H,2,8-15H2,1H3,(H,29,36)(H,34,35)/t18-/m0/s1. The van der Waals surface area contributed by atoms with Gasteiger partial charge < -0.3 is 29.6 Å². The predicted octanol–water partition coefficient (Wildman–Crippen LogP) is 2.40. The number of alkyl halides is 3. The van der Waals surface area contributed by atoms with E-state index in [1.54, 1.807) is 37.3 Å². The molecule has 1 fully saturated rings. The van der Waals surface area contributed by atoms with E-state index in [0.29, 0.717) is 5.69 Å². The lowest BCUT2D eigenvalue weighted by Crippen LogP contribution is -2.55. The van der Waals surface area contributed by atoms with Crippen molar-refractivity contribution in [2.45, 2.75) is 38.4 Å². The number of rotatable bonds is 12. The number of carbonyl (C=O) groups excluding carboxylic acids is 3. The normalized spacial score (nSPS) is 14.7. The van der Waals surface area contributed by atoms with E-state index in [4.69, 9.17) is 19.4 Å². The Morgan fingerprint density at radius 2 is 1.78 bits per heavy atom. The molecular weight excluding hydrogens is 555 g/mol. The molecule has 2 amide bonds. The third-order valence-corrected chi connectivity index (χ3v) is 5.81. The Balaban J connectivity index is 1.73. The third kappa shape index (κ3) is 9.66. The van der Waals surface area contributed by atoms with Gasteiger partial charge >= 0.3 is 18.3 Å². The molecule has 3 rings (SSSR count). The van der Waals surface area contributed by atoms with Gasteiger partial charge in [0.2, 0.25) is 11.8 Å². The maximum absolute atomic E-state index is 13.2. The average molecular weight is 586 g/mol. The van der Waals surface area contributed by atoms with Crippen molar-refractivity contribution in [3.05, 3.63) is 42.1 Å². The van der Waals surface area contributed by atoms with Gasteiger partial charge in [0.05, 0.1) is 38.4 Å². The molecule has 41 heavy (non-hydrogen) atoms. The van der Waals surface area contributed by atoms with Crippen molar-refractivity contribution in [2.75, 3.05) is 39.4 Å². The highest BCUT2D eigenvalue weighted by Crippen LogP contribution is 2.23. The third-order valence-electron chi connectivity index (χ3n) is 5.81. The lowest BCUT2D eigenvalue weighted by atomic mass is 10.1. The van der Waals surface area contributed by atoms with E-state index < -0.39 is 55.6 Å². The summed E-state index contributed by atoms with van der Waals surface area (Å²) >= 11 is 0. The molecule has 0 radical (unpaired) electrons. The van der Waals surface area contributed by atoms with Crippen LogP contribution in [-0.4, -0.2) is 100 Å². The van der Waals surface area contributed by atoms with Crippen LogP contribution in [-0.2, 0) is 19.2 Å². The molecular formula is C25H30F3N5O8. The smallest absolute Gasteiger partial charge is 0.481 e. The summed E-state index contributed by atoms with van der Waals surface area (Å²) in [5, 5.41) is 17.1. The summed E-state index contributed by atoms with van der Waals surface area (Å²) in [7, 11) is 0. The Kier molecular flexibility index (Phi) is 10.9. The van der Waals surface area contributed by atoms with Crippen LogP contribution in [0, 0.1) is 0 Å². The first-order chi connectivity index (χ1) is 19.5. The molecule has 1 aliphatic rings. The second-order valence-corrected chi connectivity index (χ2v) is 8.82. The Hall–Kier alpha value is -4.34. The number of aliphatic carboxylic acids is 1. The second kappa shape index (κ2) is 14.3. The number of benzene rings is 1. The number of hydrogen-bond donors (Lipinski definition) is 2. The summed E-state index contributed by atoms with van der Waals surface area (Å²) in [5.74, 6) is -2.72. The van der Waals surface area contributed by atoms with Gasteiger partial charge in [-0.15, -0.1) is 5.06 Å². The number of carbonyl (C=O) groups is 4. The molecule has 1 atom stereocenters. The minimum atomic E-state index is -4.45. The summed E-state index contributed by atoms with van der Waals surface area (Å²) < 4.78 is 49.1. The number of para-hydroxylation sites is 1. The zero-order chi connectivity index (χ0) is 30.0. The fourth-order valence-corrected chi connectivity index (χ4v) is 3.83. The fourth-order valence-electron chi connectivity index (χ4n) is 3.83. The van der Waals surface area contributed by atoms with Gasteiger partial charge in [-0.2, -0.15) is 18.3 Å². The largest absolute Gasteiger partial charge is 0.527 e. The first-order valence-corrected chi connectivity index (χ1v) is 12.7. The molecule has 224 valence electrons. The molecule has 0 unspecified atom stereocenters. The van der Waals surface area contributed by atoms with Crippen LogP contribution in [0.2, 0.25) is 0 Å². The lowest BCUT2D eigenvalue weighted by Gasteiger charge is -2.35. The van der Waals surface area contributed by atoms with Crippen LogP contribution in [0.15, 0.2) is 36.4 Å². The first-order valence-electron chi connectivity index (χ1n) is 12.7. The summed E-state index contributed by atoms with van der Waals surface area (Å²) in [6, 6.07) is 8.15. The van der Waals surface area contributed by atoms with E-state index in [9.17, 15) is 32.3 Å². The average Bonchev–Trinajstić information content (AvgIpc) is 3.35. The van der Waals surface area contributed by atoms with Crippen LogP contribution in [0.4, 0.5) is 18.0 Å². The Morgan fingerprint density at radius 3 is 2.39 bits per heavy atom. The molecule has 1 aromatic heterocycles. The van der Waals surface area contributed by atoms with Crippen molar-refractivity contribution in [2.24, 2.45) is 0 Å². The number of halogens is 3. The van der Waals surface area contributed by atoms with Crippen molar-refractivity contribution < 1.29 is 51.8 Å². The van der Waals surface area contributed by atoms with Crippen LogP contribution >= 0.6 is 0 Å². The van der Waals surface area contributed by atoms with E-state index in [1.807, 2.05) is 0 Å². The quantitative estimate of drug-likeness (QED) is 0.355. The lowest BCUT2D eigenvalue weighted by molar-refractivity contribution is -0.157. The topological polar surface area (TPSA) is 153 Å². The highest BCUT2D eigenvalue weighted by atomic mass is 19.4. The van der Waals surface area contributed by atoms with E-state index in [0.717, 1.165) is 10.7 Å². The van der Waals surface area contributed by atoms with Crippen molar-refractivity contribution in [3.8, 4) is 11.6 Å². The molecule has 1 aromatic carbocycles. The maximum atomic E-state index is 13.2. The SMILES string of the molecule is CCOC(=O)ON1CCN(C(=O)[C@H](CCC(=O)O)NC(=O)c2cc(OCCC(F)(F)F)n(-c3ccccc3)n2)CC1. The molecule has 16 heteroatoms. The Labute approximate surface area is 232 Å². The van der Waals surface area contributed by atoms with Crippen molar-refractivity contribution in [1.82, 2.24) is 25.1 Å². The minimum absolute atomic E-state index is 0.123. The summed E-state index contributed by atoms with van der Waals surface area (Å²) in [6.45, 7) is 1.60. The van der Waals surface area contributed by atoms with E-state index in [-0.39, 0.29) is 50.8 Å². The van der Waals surface area contributed by atoms with Gasteiger partial charge in [0.15, 0.2) is 5.69 Å². The van der Waals surface area contributed by atoms with Crippen molar-refractivity contribution in [3.63, 3.8) is 0 Å². The molecule has 0 saturated carbocycles. The number of piperazine rings is 1. The van der Waals surface area contributed by atoms with Gasteiger partial charge in [-0.1, -0.05) is 18.2 Å². The molecule has 0 spiro atoms. The van der Waals surface area contributed by atoms with Crippen LogP contribution in [0.5, 0.6) is 5.88 Å². The Bertz CT molecular complexity index is 1200. The van der Waals surface area contributed by atoms with Gasteiger partial charge in [0.25, 0.3) is 5.91 Å². The molecule has 1 aliphatic heterocycles. The van der Waals surface area contributed by atoms with Gasteiger partial charge in [0.1, 0.15) is 6.04 Å². The van der Waals surface area contributed by atoms with E-state index in [1.165, 1.54) is 9.96 Å². The van der Waals surface area contributed by atoms with Gasteiger partial charge in [0, 0.05) is 25.6 Å². The zero-order valence-electron chi connectivity index (χ0n) is 22.1. The molecule has 0 aliphatic carbocycles. The molecule has 0 bridgehead atoms. The number of hydrogen-bond acceptors (Lipinski definition) is 9. The molecule has 2 heterocycles. The van der Waals surface area contributed by atoms with Crippen molar-refractivity contribution >= 4 is 23.9 Å². The fraction of sp³-hybridized carbons (Fsp3) is 0.480. The number of hydroxylamine groups is 2. The van der Waals surface area contributed by atoms with Crippen LogP contribution in [0.1, 0.15) is 36.7 Å². The van der Waals surface area contributed by atoms with Gasteiger partial charge in [-0.3, -0.25) is 14.4 Å². The van der Waals surface area contributed by atoms with Gasteiger partial charge in [-0.25, -0.2) is 9.48 Å². The van der Waals surface area contributed by atoms with Gasteiger partial charge in [-0.05, 0) is 25.5 Å². The number of carboxylic acids is 1. The monoisotopic (exact) mass is 585 g/mol. The highest BCUT2D eigenvalue weighted by molar-refractivity contribution is 5.96. The number of aromatic nitrogens is 2. The van der Waals surface area contributed by atoms with Crippen LogP contribution in [0.25, 0.3) is 5.69 Å².